The van der Waals surface area contributed by atoms with Crippen molar-refractivity contribution in [3.8, 4) is 5.75 Å². The summed E-state index contributed by atoms with van der Waals surface area (Å²) in [7, 11) is 0. The highest BCUT2D eigenvalue weighted by Crippen LogP contribution is 2.19. The number of hydrogen-bond donors (Lipinski definition) is 2. The Bertz CT molecular complexity index is 1120. The maximum Gasteiger partial charge on any atom is 0.513 e. The fourth-order valence-electron chi connectivity index (χ4n) is 2.82. The predicted molar refractivity (Wildman–Crippen MR) is 124 cm³/mol. The Morgan fingerprint density at radius 1 is 0.875 bits per heavy atom. The Hall–Kier alpha value is -3.65. The number of benzene rings is 3. The summed E-state index contributed by atoms with van der Waals surface area (Å²) in [5.74, 6) is -0.279. The fraction of sp³-hybridized carbons (Fsp3) is 0.125. The minimum Gasteiger partial charge on any atom is -0.434 e. The van der Waals surface area contributed by atoms with Crippen molar-refractivity contribution in [2.75, 3.05) is 11.9 Å². The maximum absolute atomic E-state index is 12.7. The van der Waals surface area contributed by atoms with Crippen molar-refractivity contribution in [3.63, 3.8) is 0 Å². The second-order valence-electron chi connectivity index (χ2n) is 6.61. The number of halogens is 1. The molecule has 0 aliphatic rings. The van der Waals surface area contributed by atoms with Gasteiger partial charge in [0.2, 0.25) is 0 Å². The van der Waals surface area contributed by atoms with Crippen molar-refractivity contribution >= 4 is 39.6 Å². The smallest absolute Gasteiger partial charge is 0.434 e. The Labute approximate surface area is 193 Å². The summed E-state index contributed by atoms with van der Waals surface area (Å²) in [5.41, 5.74) is 2.26. The quantitative estimate of drug-likeness (QED) is 0.347. The number of para-hydroxylation sites is 1. The van der Waals surface area contributed by atoms with Gasteiger partial charge in [0.25, 0.3) is 11.8 Å². The normalized spacial score (nSPS) is 10.2. The molecular formula is C24H21BrN2O5. The zero-order chi connectivity index (χ0) is 22.9. The van der Waals surface area contributed by atoms with E-state index in [0.717, 1.165) is 10.0 Å². The predicted octanol–water partition coefficient (Wildman–Crippen LogP) is 5.17. The van der Waals surface area contributed by atoms with Crippen molar-refractivity contribution in [2.45, 2.75) is 13.5 Å². The zero-order valence-corrected chi connectivity index (χ0v) is 18.8. The highest BCUT2D eigenvalue weighted by Gasteiger charge is 2.12. The minimum atomic E-state index is -0.802. The first-order valence-corrected chi connectivity index (χ1v) is 10.6. The lowest BCUT2D eigenvalue weighted by molar-refractivity contribution is 0.0949. The molecule has 0 atom stereocenters. The Morgan fingerprint density at radius 2 is 1.62 bits per heavy atom. The van der Waals surface area contributed by atoms with E-state index < -0.39 is 6.16 Å². The van der Waals surface area contributed by atoms with E-state index in [0.29, 0.717) is 16.8 Å². The summed E-state index contributed by atoms with van der Waals surface area (Å²) in [6.07, 6.45) is -0.802. The lowest BCUT2D eigenvalue weighted by atomic mass is 10.1. The summed E-state index contributed by atoms with van der Waals surface area (Å²) in [6, 6.07) is 20.4. The van der Waals surface area contributed by atoms with Crippen molar-refractivity contribution in [1.82, 2.24) is 5.32 Å². The van der Waals surface area contributed by atoms with Crippen molar-refractivity contribution in [2.24, 2.45) is 0 Å². The second-order valence-corrected chi connectivity index (χ2v) is 7.53. The van der Waals surface area contributed by atoms with E-state index in [1.165, 1.54) is 12.1 Å². The summed E-state index contributed by atoms with van der Waals surface area (Å²) in [4.78, 5) is 36.4. The van der Waals surface area contributed by atoms with Crippen LogP contribution in [0.25, 0.3) is 0 Å². The van der Waals surface area contributed by atoms with Gasteiger partial charge < -0.3 is 20.1 Å². The third-order valence-electron chi connectivity index (χ3n) is 4.37. The molecule has 32 heavy (non-hydrogen) atoms. The third kappa shape index (κ3) is 6.42. The van der Waals surface area contributed by atoms with E-state index in [-0.39, 0.29) is 30.7 Å². The number of nitrogens with one attached hydrogen (secondary N) is 2. The van der Waals surface area contributed by atoms with Gasteiger partial charge in [-0.3, -0.25) is 9.59 Å². The van der Waals surface area contributed by atoms with Crippen LogP contribution in [0.3, 0.4) is 0 Å². The molecule has 0 bridgehead atoms. The van der Waals surface area contributed by atoms with Gasteiger partial charge in [-0.15, -0.1) is 0 Å². The SMILES string of the molecule is CCOC(=O)Oc1ccc(C(=O)Nc2ccccc2CNC(=O)c2cccc(Br)c2)cc1. The molecule has 0 heterocycles. The molecule has 0 unspecified atom stereocenters. The van der Waals surface area contributed by atoms with Gasteiger partial charge in [0, 0.05) is 27.8 Å². The number of carbonyl (C=O) groups excluding carboxylic acids is 3. The van der Waals surface area contributed by atoms with Crippen molar-refractivity contribution < 1.29 is 23.9 Å². The van der Waals surface area contributed by atoms with Gasteiger partial charge in [-0.2, -0.15) is 0 Å². The minimum absolute atomic E-state index is 0.210. The molecule has 8 heteroatoms. The molecule has 2 N–H and O–H groups in total. The average Bonchev–Trinajstić information content (AvgIpc) is 2.79. The number of amides is 2. The summed E-state index contributed by atoms with van der Waals surface area (Å²) >= 11 is 3.35. The molecule has 164 valence electrons. The van der Waals surface area contributed by atoms with Gasteiger partial charge in [-0.1, -0.05) is 40.2 Å². The number of carbonyl (C=O) groups is 3. The standard InChI is InChI=1S/C24H21BrN2O5/c1-2-31-24(30)32-20-12-10-16(11-13-20)23(29)27-21-9-4-3-6-18(21)15-26-22(28)17-7-5-8-19(25)14-17/h3-14H,2,15H2,1H3,(H,26,28)(H,27,29). The Kier molecular flexibility index (Phi) is 7.99. The van der Waals surface area contributed by atoms with Crippen LogP contribution in [-0.4, -0.2) is 24.6 Å². The Morgan fingerprint density at radius 3 is 2.34 bits per heavy atom. The van der Waals surface area contributed by atoms with Crippen LogP contribution < -0.4 is 15.4 Å². The topological polar surface area (TPSA) is 93.7 Å². The first kappa shape index (κ1) is 23.0. The van der Waals surface area contributed by atoms with Gasteiger partial charge in [0.15, 0.2) is 0 Å². The first-order valence-electron chi connectivity index (χ1n) is 9.84. The molecule has 0 saturated carbocycles. The van der Waals surface area contributed by atoms with Crippen LogP contribution in [-0.2, 0) is 11.3 Å². The Balaban J connectivity index is 1.63. The molecular weight excluding hydrogens is 476 g/mol. The van der Waals surface area contributed by atoms with Crippen LogP contribution in [0.5, 0.6) is 5.75 Å². The van der Waals surface area contributed by atoms with E-state index in [1.807, 2.05) is 18.2 Å². The lowest BCUT2D eigenvalue weighted by Gasteiger charge is -2.12. The van der Waals surface area contributed by atoms with E-state index in [1.54, 1.807) is 49.4 Å². The molecule has 3 rings (SSSR count). The molecule has 0 saturated heterocycles. The molecule has 0 aromatic heterocycles. The summed E-state index contributed by atoms with van der Waals surface area (Å²) in [5, 5.41) is 5.71. The number of hydrogen-bond acceptors (Lipinski definition) is 5. The van der Waals surface area contributed by atoms with E-state index in [2.05, 4.69) is 26.6 Å². The lowest BCUT2D eigenvalue weighted by Crippen LogP contribution is -2.24. The van der Waals surface area contributed by atoms with Crippen LogP contribution in [0.2, 0.25) is 0 Å². The van der Waals surface area contributed by atoms with E-state index >= 15 is 0 Å². The molecule has 0 aliphatic carbocycles. The average molecular weight is 497 g/mol. The van der Waals surface area contributed by atoms with Crippen LogP contribution >= 0.6 is 15.9 Å². The molecule has 0 spiro atoms. The van der Waals surface area contributed by atoms with Crippen LogP contribution in [0.15, 0.2) is 77.3 Å². The highest BCUT2D eigenvalue weighted by molar-refractivity contribution is 9.10. The number of ether oxygens (including phenoxy) is 2. The number of rotatable bonds is 7. The van der Waals surface area contributed by atoms with Gasteiger partial charge in [0.05, 0.1) is 6.61 Å². The first-order chi connectivity index (χ1) is 15.5. The fourth-order valence-corrected chi connectivity index (χ4v) is 3.22. The molecule has 3 aromatic carbocycles. The number of anilines is 1. The van der Waals surface area contributed by atoms with Crippen LogP contribution in [0.4, 0.5) is 10.5 Å². The van der Waals surface area contributed by atoms with Crippen molar-refractivity contribution in [3.05, 3.63) is 94.0 Å². The van der Waals surface area contributed by atoms with Gasteiger partial charge in [-0.25, -0.2) is 4.79 Å². The monoisotopic (exact) mass is 496 g/mol. The largest absolute Gasteiger partial charge is 0.513 e. The van der Waals surface area contributed by atoms with Gasteiger partial charge in [0.1, 0.15) is 5.75 Å². The molecule has 7 nitrogen and oxygen atoms in total. The highest BCUT2D eigenvalue weighted by atomic mass is 79.9. The van der Waals surface area contributed by atoms with Gasteiger partial charge in [-0.05, 0) is 61.0 Å². The van der Waals surface area contributed by atoms with Gasteiger partial charge >= 0.3 is 6.16 Å². The maximum atomic E-state index is 12.7. The second kappa shape index (κ2) is 11.1. The van der Waals surface area contributed by atoms with E-state index in [9.17, 15) is 14.4 Å². The zero-order valence-electron chi connectivity index (χ0n) is 17.3. The molecule has 0 radical (unpaired) electrons. The third-order valence-corrected chi connectivity index (χ3v) is 4.86. The van der Waals surface area contributed by atoms with Crippen LogP contribution in [0, 0.1) is 0 Å². The molecule has 3 aromatic rings. The van der Waals surface area contributed by atoms with Crippen molar-refractivity contribution in [1.29, 1.82) is 0 Å². The molecule has 2 amide bonds. The van der Waals surface area contributed by atoms with E-state index in [4.69, 9.17) is 9.47 Å². The van der Waals surface area contributed by atoms with Crippen LogP contribution in [0.1, 0.15) is 33.2 Å². The molecule has 0 fully saturated rings. The summed E-state index contributed by atoms with van der Waals surface area (Å²) < 4.78 is 10.5. The molecule has 0 aliphatic heterocycles. The summed E-state index contributed by atoms with van der Waals surface area (Å²) in [6.45, 7) is 2.13.